The molecule has 3 rings (SSSR count). The zero-order valence-corrected chi connectivity index (χ0v) is 25.4. The Bertz CT molecular complexity index is 475. The summed E-state index contributed by atoms with van der Waals surface area (Å²) >= 11 is 0. The van der Waals surface area contributed by atoms with Crippen molar-refractivity contribution in [3.63, 3.8) is 0 Å². The maximum absolute atomic E-state index is 12.2. The van der Waals surface area contributed by atoms with E-state index in [-0.39, 0.29) is 13.3 Å². The molecule has 3 aliphatic carbocycles. The van der Waals surface area contributed by atoms with Crippen molar-refractivity contribution in [2.24, 2.45) is 35.5 Å². The number of unbranched alkanes of at least 4 members (excludes halogenated alkanes) is 12. The maximum Gasteiger partial charge on any atom is 0.0894 e. The average Bonchev–Trinajstić information content (AvgIpc) is 2.97. The molecule has 2 heteroatoms. The lowest BCUT2D eigenvalue weighted by Gasteiger charge is -2.41. The Hall–Kier alpha value is -0.140. The van der Waals surface area contributed by atoms with Crippen LogP contribution in [0.1, 0.15) is 180 Å². The van der Waals surface area contributed by atoms with E-state index in [0.717, 1.165) is 61.2 Å². The van der Waals surface area contributed by atoms with E-state index < -0.39 is 0 Å². The quantitative estimate of drug-likeness (QED) is 0.136. The second-order valence-electron chi connectivity index (χ2n) is 14.1. The van der Waals surface area contributed by atoms with E-state index in [0.29, 0.717) is 0 Å². The van der Waals surface area contributed by atoms with Crippen LogP contribution in [0.4, 0.5) is 8.78 Å². The van der Waals surface area contributed by atoms with Gasteiger partial charge in [0.15, 0.2) is 0 Å². The summed E-state index contributed by atoms with van der Waals surface area (Å²) in [5.41, 5.74) is 0. The first kappa shape index (κ1) is 32.4. The molecular formula is C36H66F2. The maximum atomic E-state index is 12.2. The van der Waals surface area contributed by atoms with Gasteiger partial charge in [0.2, 0.25) is 0 Å². The molecule has 3 fully saturated rings. The lowest BCUT2D eigenvalue weighted by molar-refractivity contribution is 0.102. The second-order valence-corrected chi connectivity index (χ2v) is 14.1. The van der Waals surface area contributed by atoms with Crippen molar-refractivity contribution in [3.8, 4) is 0 Å². The van der Waals surface area contributed by atoms with E-state index in [9.17, 15) is 8.78 Å². The van der Waals surface area contributed by atoms with Gasteiger partial charge in [-0.05, 0) is 99.7 Å². The molecule has 0 unspecified atom stereocenters. The molecular weight excluding hydrogens is 470 g/mol. The van der Waals surface area contributed by atoms with Gasteiger partial charge < -0.3 is 0 Å². The minimum Gasteiger partial charge on any atom is -0.251 e. The summed E-state index contributed by atoms with van der Waals surface area (Å²) in [6.45, 7) is -0.254. The highest BCUT2D eigenvalue weighted by Gasteiger charge is 2.34. The summed E-state index contributed by atoms with van der Waals surface area (Å²) in [5, 5.41) is 0. The predicted octanol–water partition coefficient (Wildman–Crippen LogP) is 12.6. The van der Waals surface area contributed by atoms with Crippen LogP contribution in [0.5, 0.6) is 0 Å². The molecule has 0 spiro atoms. The van der Waals surface area contributed by atoms with Gasteiger partial charge in [0.05, 0.1) is 13.3 Å². The Kier molecular flexibility index (Phi) is 17.6. The van der Waals surface area contributed by atoms with Crippen molar-refractivity contribution in [1.82, 2.24) is 0 Å². The molecule has 0 aromatic rings. The van der Waals surface area contributed by atoms with Crippen molar-refractivity contribution in [3.05, 3.63) is 0 Å². The second kappa shape index (κ2) is 20.7. The average molecular weight is 537 g/mol. The molecule has 3 saturated carbocycles. The van der Waals surface area contributed by atoms with Crippen LogP contribution in [0.25, 0.3) is 0 Å². The highest BCUT2D eigenvalue weighted by atomic mass is 19.1. The third kappa shape index (κ3) is 13.0. The standard InChI is InChI=1S/C36H66F2/c37-29-13-9-5-1-3-7-11-15-31-17-21-33(22-18-31)35-25-27-36(28-26-35)34-23-19-32(20-24-34)16-12-8-4-2-6-10-14-30-38/h31-36H,1-30H2. The highest BCUT2D eigenvalue weighted by Crippen LogP contribution is 2.46. The molecule has 0 saturated heterocycles. The minimum atomic E-state index is -0.127. The molecule has 0 aromatic carbocycles. The molecule has 0 nitrogen and oxygen atoms in total. The fraction of sp³-hybridized carbons (Fsp3) is 1.00. The lowest BCUT2D eigenvalue weighted by Crippen LogP contribution is -2.29. The van der Waals surface area contributed by atoms with E-state index in [1.54, 1.807) is 25.7 Å². The van der Waals surface area contributed by atoms with Crippen LogP contribution in [0.3, 0.4) is 0 Å². The van der Waals surface area contributed by atoms with Gasteiger partial charge in [-0.15, -0.1) is 0 Å². The molecule has 38 heavy (non-hydrogen) atoms. The molecule has 0 N–H and O–H groups in total. The summed E-state index contributed by atoms with van der Waals surface area (Å²) in [7, 11) is 0. The van der Waals surface area contributed by atoms with Gasteiger partial charge in [0.1, 0.15) is 0 Å². The van der Waals surface area contributed by atoms with E-state index in [4.69, 9.17) is 0 Å². The molecule has 0 bridgehead atoms. The van der Waals surface area contributed by atoms with E-state index in [2.05, 4.69) is 0 Å². The number of alkyl halides is 2. The first-order valence-corrected chi connectivity index (χ1v) is 17.9. The molecule has 0 atom stereocenters. The Morgan fingerprint density at radius 2 is 0.526 bits per heavy atom. The summed E-state index contributed by atoms with van der Waals surface area (Å²) < 4.78 is 24.3. The molecule has 0 amide bonds. The smallest absolute Gasteiger partial charge is 0.0894 e. The SMILES string of the molecule is FCCCCCCCCCC1CCC(C2CCC(C3CCC(CCCCCCCCCF)CC3)CC2)CC1. The van der Waals surface area contributed by atoms with Gasteiger partial charge in [-0.25, -0.2) is 0 Å². The van der Waals surface area contributed by atoms with E-state index in [1.807, 2.05) is 0 Å². The molecule has 0 radical (unpaired) electrons. The van der Waals surface area contributed by atoms with Crippen LogP contribution in [0, 0.1) is 35.5 Å². The van der Waals surface area contributed by atoms with Crippen LogP contribution in [0.2, 0.25) is 0 Å². The van der Waals surface area contributed by atoms with Crippen molar-refractivity contribution in [2.75, 3.05) is 13.3 Å². The van der Waals surface area contributed by atoms with Crippen molar-refractivity contribution in [2.45, 2.75) is 180 Å². The fourth-order valence-corrected chi connectivity index (χ4v) is 8.81. The zero-order chi connectivity index (χ0) is 26.7. The van der Waals surface area contributed by atoms with Gasteiger partial charge in [-0.1, -0.05) is 116 Å². The van der Waals surface area contributed by atoms with Crippen molar-refractivity contribution in [1.29, 1.82) is 0 Å². The van der Waals surface area contributed by atoms with Crippen LogP contribution in [0.15, 0.2) is 0 Å². The number of halogens is 2. The Labute approximate surface area is 237 Å². The van der Waals surface area contributed by atoms with Crippen LogP contribution in [-0.2, 0) is 0 Å². The van der Waals surface area contributed by atoms with Gasteiger partial charge in [0, 0.05) is 0 Å². The summed E-state index contributed by atoms with van der Waals surface area (Å²) in [6, 6.07) is 0. The highest BCUT2D eigenvalue weighted by molar-refractivity contribution is 4.86. The molecule has 224 valence electrons. The van der Waals surface area contributed by atoms with Crippen LogP contribution < -0.4 is 0 Å². The predicted molar refractivity (Wildman–Crippen MR) is 162 cm³/mol. The first-order valence-electron chi connectivity index (χ1n) is 17.9. The fourth-order valence-electron chi connectivity index (χ4n) is 8.81. The summed E-state index contributed by atoms with van der Waals surface area (Å²) in [4.78, 5) is 0. The van der Waals surface area contributed by atoms with E-state index in [1.165, 1.54) is 128 Å². The number of rotatable bonds is 20. The van der Waals surface area contributed by atoms with Crippen LogP contribution >= 0.6 is 0 Å². The van der Waals surface area contributed by atoms with Crippen molar-refractivity contribution < 1.29 is 8.78 Å². The third-order valence-corrected chi connectivity index (χ3v) is 11.4. The van der Waals surface area contributed by atoms with Gasteiger partial charge >= 0.3 is 0 Å². The Balaban J connectivity index is 1.16. The molecule has 3 aliphatic rings. The summed E-state index contributed by atoms with van der Waals surface area (Å²) in [5.74, 6) is 6.28. The first-order chi connectivity index (χ1) is 18.8. The normalized spacial score (nSPS) is 30.5. The summed E-state index contributed by atoms with van der Waals surface area (Å²) in [6.07, 6.45) is 38.7. The number of hydrogen-bond acceptors (Lipinski definition) is 0. The minimum absolute atomic E-state index is 0.127. The number of hydrogen-bond donors (Lipinski definition) is 0. The largest absolute Gasteiger partial charge is 0.251 e. The monoisotopic (exact) mass is 537 g/mol. The van der Waals surface area contributed by atoms with Gasteiger partial charge in [-0.2, -0.15) is 0 Å². The van der Waals surface area contributed by atoms with Gasteiger partial charge in [-0.3, -0.25) is 8.78 Å². The third-order valence-electron chi connectivity index (χ3n) is 11.4. The van der Waals surface area contributed by atoms with E-state index >= 15 is 0 Å². The Morgan fingerprint density at radius 1 is 0.289 bits per heavy atom. The molecule has 0 aliphatic heterocycles. The molecule has 0 aromatic heterocycles. The zero-order valence-electron chi connectivity index (χ0n) is 25.4. The Morgan fingerprint density at radius 3 is 0.816 bits per heavy atom. The topological polar surface area (TPSA) is 0 Å². The van der Waals surface area contributed by atoms with Crippen molar-refractivity contribution >= 4 is 0 Å². The van der Waals surface area contributed by atoms with Crippen LogP contribution in [-0.4, -0.2) is 13.3 Å². The van der Waals surface area contributed by atoms with Gasteiger partial charge in [0.25, 0.3) is 0 Å². The molecule has 0 heterocycles. The lowest BCUT2D eigenvalue weighted by atomic mass is 9.64.